The highest BCUT2D eigenvalue weighted by molar-refractivity contribution is 5.93. The van der Waals surface area contributed by atoms with Gasteiger partial charge in [-0.2, -0.15) is 0 Å². The molecule has 0 aromatic heterocycles. The molecule has 1 rings (SSSR count). The highest BCUT2D eigenvalue weighted by Crippen LogP contribution is 2.12. The second-order valence-corrected chi connectivity index (χ2v) is 5.09. The van der Waals surface area contributed by atoms with E-state index in [1.165, 1.54) is 17.9 Å². The number of rotatable bonds is 12. The molecule has 0 unspecified atom stereocenters. The minimum atomic E-state index is -0.143. The van der Waals surface area contributed by atoms with Gasteiger partial charge in [0.25, 0.3) is 5.91 Å². The summed E-state index contributed by atoms with van der Waals surface area (Å²) in [7, 11) is 0. The van der Waals surface area contributed by atoms with Crippen molar-refractivity contribution in [2.24, 2.45) is 0 Å². The first-order valence-corrected chi connectivity index (χ1v) is 7.61. The number of ether oxygens (including phenoxy) is 2. The van der Waals surface area contributed by atoms with Gasteiger partial charge in [0.2, 0.25) is 5.91 Å². The van der Waals surface area contributed by atoms with Crippen LogP contribution in [0.5, 0.6) is 0 Å². The van der Waals surface area contributed by atoms with Gasteiger partial charge in [-0.05, 0) is 13.0 Å². The Morgan fingerprint density at radius 3 is 2.48 bits per heavy atom. The first-order valence-electron chi connectivity index (χ1n) is 7.61. The highest BCUT2D eigenvalue weighted by Gasteiger charge is 2.18. The monoisotopic (exact) mass is 326 g/mol. The molecule has 1 N–H and O–H groups in total. The Hall–Kier alpha value is -1.99. The number of hydrogen-bond acceptors (Lipinski definition) is 5. The molecule has 0 radical (unpaired) electrons. The van der Waals surface area contributed by atoms with Crippen molar-refractivity contribution in [2.75, 3.05) is 39.5 Å². The maximum Gasteiger partial charge on any atom is 0.251 e. The first-order chi connectivity index (χ1) is 11.0. The standard InChI is InChI=1S/C16H24N2O5.H2/c1-13-3-4-16(21)18(13)8-5-15(20)17-7-10-23-12-11-22-9-6-14(2)19;/h3-4H,1,5-12H2,2H3,(H,17,20);1H. The van der Waals surface area contributed by atoms with E-state index in [4.69, 9.17) is 9.47 Å². The number of amides is 2. The number of ketones is 1. The summed E-state index contributed by atoms with van der Waals surface area (Å²) in [4.78, 5) is 35.2. The molecule has 1 heterocycles. The summed E-state index contributed by atoms with van der Waals surface area (Å²) < 4.78 is 10.5. The van der Waals surface area contributed by atoms with E-state index in [9.17, 15) is 14.4 Å². The van der Waals surface area contributed by atoms with Crippen molar-refractivity contribution in [2.45, 2.75) is 19.8 Å². The summed E-state index contributed by atoms with van der Waals surface area (Å²) in [6, 6.07) is 0. The van der Waals surface area contributed by atoms with E-state index < -0.39 is 0 Å². The van der Waals surface area contributed by atoms with E-state index in [1.54, 1.807) is 6.08 Å². The molecule has 130 valence electrons. The third-order valence-electron chi connectivity index (χ3n) is 3.13. The van der Waals surface area contributed by atoms with E-state index in [1.807, 2.05) is 0 Å². The predicted octanol–water partition coefficient (Wildman–Crippen LogP) is 0.663. The lowest BCUT2D eigenvalue weighted by molar-refractivity contribution is -0.125. The van der Waals surface area contributed by atoms with Crippen molar-refractivity contribution in [1.82, 2.24) is 10.2 Å². The van der Waals surface area contributed by atoms with Gasteiger partial charge in [0.05, 0.1) is 26.4 Å². The molecule has 1 aliphatic rings. The first kappa shape index (κ1) is 19.1. The van der Waals surface area contributed by atoms with Gasteiger partial charge in [0.15, 0.2) is 0 Å². The summed E-state index contributed by atoms with van der Waals surface area (Å²) in [6.45, 7) is 7.61. The summed E-state index contributed by atoms with van der Waals surface area (Å²) in [6.07, 6.45) is 3.71. The topological polar surface area (TPSA) is 84.9 Å². The predicted molar refractivity (Wildman–Crippen MR) is 86.7 cm³/mol. The van der Waals surface area contributed by atoms with Crippen molar-refractivity contribution >= 4 is 17.6 Å². The van der Waals surface area contributed by atoms with Crippen molar-refractivity contribution in [3.63, 3.8) is 0 Å². The maximum absolute atomic E-state index is 11.6. The van der Waals surface area contributed by atoms with Crippen LogP contribution in [-0.4, -0.2) is 62.0 Å². The van der Waals surface area contributed by atoms with Gasteiger partial charge in [-0.25, -0.2) is 0 Å². The van der Waals surface area contributed by atoms with Crippen LogP contribution in [0, 0.1) is 0 Å². The zero-order valence-electron chi connectivity index (χ0n) is 13.5. The molecule has 0 spiro atoms. The van der Waals surface area contributed by atoms with E-state index >= 15 is 0 Å². The van der Waals surface area contributed by atoms with Crippen molar-refractivity contribution in [1.29, 1.82) is 0 Å². The van der Waals surface area contributed by atoms with Crippen LogP contribution in [-0.2, 0) is 23.9 Å². The molecule has 2 amide bonds. The van der Waals surface area contributed by atoms with Crippen LogP contribution < -0.4 is 5.32 Å². The lowest BCUT2D eigenvalue weighted by Gasteiger charge is -2.16. The van der Waals surface area contributed by atoms with Crippen molar-refractivity contribution in [3.8, 4) is 0 Å². The van der Waals surface area contributed by atoms with E-state index in [-0.39, 0.29) is 25.4 Å². The van der Waals surface area contributed by atoms with Crippen LogP contribution in [0.1, 0.15) is 21.2 Å². The lowest BCUT2D eigenvalue weighted by atomic mass is 10.3. The molecule has 0 aromatic rings. The zero-order valence-corrected chi connectivity index (χ0v) is 13.5. The minimum Gasteiger partial charge on any atom is -0.379 e. The van der Waals surface area contributed by atoms with E-state index in [0.29, 0.717) is 51.6 Å². The molecule has 0 bridgehead atoms. The lowest BCUT2D eigenvalue weighted by Crippen LogP contribution is -2.32. The number of allylic oxidation sites excluding steroid dienone is 1. The quantitative estimate of drug-likeness (QED) is 0.533. The number of Topliss-reactive ketones (excluding diaryl/α,β-unsaturated/α-hetero) is 1. The fraction of sp³-hybridized carbons (Fsp3) is 0.562. The van der Waals surface area contributed by atoms with Crippen LogP contribution in [0.15, 0.2) is 24.4 Å². The third-order valence-corrected chi connectivity index (χ3v) is 3.13. The zero-order chi connectivity index (χ0) is 17.1. The normalized spacial score (nSPS) is 13.7. The van der Waals surface area contributed by atoms with Gasteiger partial charge in [0, 0.05) is 39.1 Å². The Morgan fingerprint density at radius 2 is 1.87 bits per heavy atom. The number of carbonyl (C=O) groups excluding carboxylic acids is 3. The maximum atomic E-state index is 11.6. The summed E-state index contributed by atoms with van der Waals surface area (Å²) in [5.74, 6) is -0.182. The molecule has 0 fully saturated rings. The molecule has 0 saturated heterocycles. The number of hydrogen-bond donors (Lipinski definition) is 1. The van der Waals surface area contributed by atoms with Crippen LogP contribution in [0.4, 0.5) is 0 Å². The van der Waals surface area contributed by atoms with Crippen molar-refractivity contribution < 1.29 is 25.3 Å². The number of nitrogens with one attached hydrogen (secondary N) is 1. The van der Waals surface area contributed by atoms with Gasteiger partial charge < -0.3 is 19.7 Å². The number of nitrogens with zero attached hydrogens (tertiary/aromatic N) is 1. The molecule has 0 saturated carbocycles. The summed E-state index contributed by atoms with van der Waals surface area (Å²) >= 11 is 0. The van der Waals surface area contributed by atoms with Gasteiger partial charge in [0.1, 0.15) is 5.78 Å². The fourth-order valence-electron chi connectivity index (χ4n) is 1.84. The largest absolute Gasteiger partial charge is 0.379 e. The molecule has 7 heteroatoms. The third kappa shape index (κ3) is 8.27. The van der Waals surface area contributed by atoms with Crippen molar-refractivity contribution in [3.05, 3.63) is 24.4 Å². The summed E-state index contributed by atoms with van der Waals surface area (Å²) in [5.41, 5.74) is 0.607. The molecular formula is C16H26N2O5. The Kier molecular flexibility index (Phi) is 8.86. The SMILES string of the molecule is C=C1C=CC(=O)N1CCC(=O)NCCOCCOCCC(C)=O.[HH]. The fourth-order valence-corrected chi connectivity index (χ4v) is 1.84. The van der Waals surface area contributed by atoms with E-state index in [0.717, 1.165) is 0 Å². The molecule has 23 heavy (non-hydrogen) atoms. The Labute approximate surface area is 137 Å². The van der Waals surface area contributed by atoms with Gasteiger partial charge in [-0.1, -0.05) is 6.58 Å². The van der Waals surface area contributed by atoms with Gasteiger partial charge in [-0.15, -0.1) is 0 Å². The van der Waals surface area contributed by atoms with Gasteiger partial charge >= 0.3 is 0 Å². The molecule has 7 nitrogen and oxygen atoms in total. The molecule has 0 atom stereocenters. The second kappa shape index (κ2) is 10.7. The molecule has 0 aromatic carbocycles. The minimum absolute atomic E-state index is 0. The van der Waals surface area contributed by atoms with Crippen LogP contribution in [0.25, 0.3) is 0 Å². The number of carbonyl (C=O) groups is 3. The average molecular weight is 326 g/mol. The average Bonchev–Trinajstić information content (AvgIpc) is 2.82. The van der Waals surface area contributed by atoms with Crippen LogP contribution >= 0.6 is 0 Å². The van der Waals surface area contributed by atoms with E-state index in [2.05, 4.69) is 11.9 Å². The Balaban J connectivity index is 0.00000529. The molecular weight excluding hydrogens is 300 g/mol. The highest BCUT2D eigenvalue weighted by atomic mass is 16.5. The molecule has 0 aliphatic carbocycles. The Bertz CT molecular complexity index is 461. The molecule has 1 aliphatic heterocycles. The van der Waals surface area contributed by atoms with Crippen LogP contribution in [0.3, 0.4) is 0 Å². The smallest absolute Gasteiger partial charge is 0.251 e. The van der Waals surface area contributed by atoms with Crippen LogP contribution in [0.2, 0.25) is 0 Å². The Morgan fingerprint density at radius 1 is 1.17 bits per heavy atom. The summed E-state index contributed by atoms with van der Waals surface area (Å²) in [5, 5.41) is 2.72. The van der Waals surface area contributed by atoms with Gasteiger partial charge in [-0.3, -0.25) is 14.4 Å². The second-order valence-electron chi connectivity index (χ2n) is 5.09.